The lowest BCUT2D eigenvalue weighted by Gasteiger charge is -2.17. The van der Waals surface area contributed by atoms with Gasteiger partial charge in [0.1, 0.15) is 5.82 Å². The van der Waals surface area contributed by atoms with Crippen LogP contribution in [-0.2, 0) is 31.7 Å². The van der Waals surface area contributed by atoms with Crippen molar-refractivity contribution < 1.29 is 36.7 Å². The van der Waals surface area contributed by atoms with Crippen molar-refractivity contribution >= 4 is 35.1 Å². The highest BCUT2D eigenvalue weighted by Gasteiger charge is 2.33. The van der Waals surface area contributed by atoms with Crippen molar-refractivity contribution in [2.75, 3.05) is 25.5 Å². The summed E-state index contributed by atoms with van der Waals surface area (Å²) in [5.74, 6) is -2.64. The molecule has 0 aliphatic rings. The summed E-state index contributed by atoms with van der Waals surface area (Å²) >= 11 is 5.52. The van der Waals surface area contributed by atoms with E-state index in [1.165, 1.54) is 37.4 Å². The van der Waals surface area contributed by atoms with Crippen molar-refractivity contribution in [2.24, 2.45) is 0 Å². The standard InChI is InChI=1S/C20H17ClF4N2O4/c1-27(18(29)11-31-19(30)8-12-2-4-13(22)5-3-12)10-17(28)26-14-6-7-16(21)15(9-14)20(23,24)25/h2-7,9H,8,10-11H2,1H3,(H,26,28). The highest BCUT2D eigenvalue weighted by atomic mass is 35.5. The van der Waals surface area contributed by atoms with E-state index in [0.29, 0.717) is 11.6 Å². The summed E-state index contributed by atoms with van der Waals surface area (Å²) in [5.41, 5.74) is -0.759. The van der Waals surface area contributed by atoms with Crippen LogP contribution in [0.2, 0.25) is 5.02 Å². The molecule has 31 heavy (non-hydrogen) atoms. The Morgan fingerprint density at radius 2 is 1.74 bits per heavy atom. The maximum absolute atomic E-state index is 12.9. The first-order chi connectivity index (χ1) is 14.5. The van der Waals surface area contributed by atoms with Gasteiger partial charge in [-0.25, -0.2) is 4.39 Å². The number of carbonyl (C=O) groups excluding carboxylic acids is 3. The molecule has 0 fully saturated rings. The Morgan fingerprint density at radius 1 is 1.10 bits per heavy atom. The van der Waals surface area contributed by atoms with Gasteiger partial charge >= 0.3 is 12.1 Å². The summed E-state index contributed by atoms with van der Waals surface area (Å²) in [6.45, 7) is -1.12. The third-order valence-electron chi connectivity index (χ3n) is 3.98. The highest BCUT2D eigenvalue weighted by molar-refractivity contribution is 6.31. The smallest absolute Gasteiger partial charge is 0.417 e. The number of alkyl halides is 3. The number of halogens is 5. The molecular formula is C20H17ClF4N2O4. The van der Waals surface area contributed by atoms with Crippen LogP contribution >= 0.6 is 11.6 Å². The zero-order valence-corrected chi connectivity index (χ0v) is 16.9. The number of nitrogens with zero attached hydrogens (tertiary/aromatic N) is 1. The second kappa shape index (κ2) is 10.3. The van der Waals surface area contributed by atoms with E-state index >= 15 is 0 Å². The molecular weight excluding hydrogens is 444 g/mol. The average molecular weight is 461 g/mol. The molecule has 11 heteroatoms. The average Bonchev–Trinajstić information content (AvgIpc) is 2.68. The number of benzene rings is 2. The summed E-state index contributed by atoms with van der Waals surface area (Å²) in [4.78, 5) is 36.7. The van der Waals surface area contributed by atoms with Crippen LogP contribution in [0.5, 0.6) is 0 Å². The van der Waals surface area contributed by atoms with Crippen LogP contribution < -0.4 is 5.32 Å². The summed E-state index contributed by atoms with van der Waals surface area (Å²) in [7, 11) is 1.26. The predicted molar refractivity (Wildman–Crippen MR) is 104 cm³/mol. The van der Waals surface area contributed by atoms with Gasteiger partial charge < -0.3 is 15.0 Å². The SMILES string of the molecule is CN(CC(=O)Nc1ccc(Cl)c(C(F)(F)F)c1)C(=O)COC(=O)Cc1ccc(F)cc1. The maximum atomic E-state index is 12.9. The Labute approximate surface area is 179 Å². The fraction of sp³-hybridized carbons (Fsp3) is 0.250. The largest absolute Gasteiger partial charge is 0.455 e. The molecule has 0 spiro atoms. The molecule has 1 N–H and O–H groups in total. The topological polar surface area (TPSA) is 75.7 Å². The van der Waals surface area contributed by atoms with Crippen LogP contribution in [0.15, 0.2) is 42.5 Å². The molecule has 0 unspecified atom stereocenters. The van der Waals surface area contributed by atoms with Crippen LogP contribution in [0.25, 0.3) is 0 Å². The van der Waals surface area contributed by atoms with Crippen molar-refractivity contribution in [3.63, 3.8) is 0 Å². The van der Waals surface area contributed by atoms with E-state index < -0.39 is 53.5 Å². The minimum atomic E-state index is -4.69. The van der Waals surface area contributed by atoms with Crippen molar-refractivity contribution in [3.8, 4) is 0 Å². The van der Waals surface area contributed by atoms with Gasteiger partial charge in [0.05, 0.1) is 23.6 Å². The molecule has 0 aliphatic heterocycles. The molecule has 0 saturated carbocycles. The summed E-state index contributed by atoms with van der Waals surface area (Å²) < 4.78 is 56.3. The minimum Gasteiger partial charge on any atom is -0.455 e. The molecule has 2 rings (SSSR count). The van der Waals surface area contributed by atoms with Gasteiger partial charge in [0.2, 0.25) is 5.91 Å². The molecule has 2 aromatic carbocycles. The number of carbonyl (C=O) groups is 3. The Balaban J connectivity index is 1.83. The lowest BCUT2D eigenvalue weighted by atomic mass is 10.1. The Kier molecular flexibility index (Phi) is 7.98. The monoisotopic (exact) mass is 460 g/mol. The summed E-state index contributed by atoms with van der Waals surface area (Å²) in [6, 6.07) is 8.02. The second-order valence-corrected chi connectivity index (χ2v) is 6.86. The highest BCUT2D eigenvalue weighted by Crippen LogP contribution is 2.36. The van der Waals surface area contributed by atoms with Gasteiger partial charge in [0.25, 0.3) is 5.91 Å². The van der Waals surface area contributed by atoms with E-state index in [1.807, 2.05) is 0 Å². The van der Waals surface area contributed by atoms with Crippen LogP contribution in [0.4, 0.5) is 23.2 Å². The molecule has 0 atom stereocenters. The van der Waals surface area contributed by atoms with Crippen LogP contribution in [-0.4, -0.2) is 42.9 Å². The predicted octanol–water partition coefficient (Wildman–Crippen LogP) is 3.68. The molecule has 2 amide bonds. The van der Waals surface area contributed by atoms with Gasteiger partial charge in [0.15, 0.2) is 6.61 Å². The van der Waals surface area contributed by atoms with E-state index in [2.05, 4.69) is 5.32 Å². The zero-order valence-electron chi connectivity index (χ0n) is 16.1. The van der Waals surface area contributed by atoms with Gasteiger partial charge in [-0.1, -0.05) is 23.7 Å². The molecule has 0 aliphatic carbocycles. The van der Waals surface area contributed by atoms with Crippen LogP contribution in [0, 0.1) is 5.82 Å². The Bertz CT molecular complexity index is 965. The quantitative estimate of drug-likeness (QED) is 0.505. The normalized spacial score (nSPS) is 11.0. The lowest BCUT2D eigenvalue weighted by Crippen LogP contribution is -2.37. The zero-order chi connectivity index (χ0) is 23.2. The summed E-state index contributed by atoms with van der Waals surface area (Å²) in [5, 5.41) is 1.73. The number of ether oxygens (including phenoxy) is 1. The first-order valence-corrected chi connectivity index (χ1v) is 9.14. The first kappa shape index (κ1) is 24.1. The van der Waals surface area contributed by atoms with Gasteiger partial charge in [0, 0.05) is 12.7 Å². The molecule has 0 radical (unpaired) electrons. The molecule has 0 heterocycles. The number of rotatable bonds is 7. The number of anilines is 1. The third-order valence-corrected chi connectivity index (χ3v) is 4.31. The van der Waals surface area contributed by atoms with Crippen molar-refractivity contribution in [1.29, 1.82) is 0 Å². The molecule has 166 valence electrons. The molecule has 0 saturated heterocycles. The van der Waals surface area contributed by atoms with E-state index in [0.717, 1.165) is 11.0 Å². The Morgan fingerprint density at radius 3 is 2.35 bits per heavy atom. The van der Waals surface area contributed by atoms with Crippen molar-refractivity contribution in [1.82, 2.24) is 4.90 Å². The third kappa shape index (κ3) is 7.56. The van der Waals surface area contributed by atoms with Crippen LogP contribution in [0.3, 0.4) is 0 Å². The van der Waals surface area contributed by atoms with E-state index in [1.54, 1.807) is 0 Å². The van der Waals surface area contributed by atoms with Gasteiger partial charge in [-0.05, 0) is 35.9 Å². The first-order valence-electron chi connectivity index (χ1n) is 8.76. The number of hydrogen-bond donors (Lipinski definition) is 1. The number of likely N-dealkylation sites (N-methyl/N-ethyl adjacent to an activating group) is 1. The second-order valence-electron chi connectivity index (χ2n) is 6.45. The van der Waals surface area contributed by atoms with E-state index in [4.69, 9.17) is 16.3 Å². The minimum absolute atomic E-state index is 0.145. The maximum Gasteiger partial charge on any atom is 0.417 e. The van der Waals surface area contributed by atoms with Gasteiger partial charge in [-0.2, -0.15) is 13.2 Å². The molecule has 2 aromatic rings. The lowest BCUT2D eigenvalue weighted by molar-refractivity contribution is -0.151. The number of amides is 2. The van der Waals surface area contributed by atoms with Crippen molar-refractivity contribution in [2.45, 2.75) is 12.6 Å². The number of nitrogens with one attached hydrogen (secondary N) is 1. The molecule has 0 bridgehead atoms. The fourth-order valence-corrected chi connectivity index (χ4v) is 2.62. The van der Waals surface area contributed by atoms with Gasteiger partial charge in [-0.15, -0.1) is 0 Å². The van der Waals surface area contributed by atoms with Gasteiger partial charge in [-0.3, -0.25) is 14.4 Å². The number of esters is 1. The van der Waals surface area contributed by atoms with Crippen LogP contribution in [0.1, 0.15) is 11.1 Å². The number of hydrogen-bond acceptors (Lipinski definition) is 4. The van der Waals surface area contributed by atoms with E-state index in [9.17, 15) is 31.9 Å². The molecule has 0 aromatic heterocycles. The Hall–Kier alpha value is -3.14. The summed E-state index contributed by atoms with van der Waals surface area (Å²) in [6.07, 6.45) is -4.86. The van der Waals surface area contributed by atoms with Crippen molar-refractivity contribution in [3.05, 3.63) is 64.4 Å². The fourth-order valence-electron chi connectivity index (χ4n) is 2.40. The van der Waals surface area contributed by atoms with E-state index in [-0.39, 0.29) is 12.1 Å². The molecule has 6 nitrogen and oxygen atoms in total.